The van der Waals surface area contributed by atoms with E-state index in [0.717, 1.165) is 13.1 Å². The van der Waals surface area contributed by atoms with E-state index in [1.807, 2.05) is 12.1 Å². The first-order chi connectivity index (χ1) is 9.19. The summed E-state index contributed by atoms with van der Waals surface area (Å²) in [5.41, 5.74) is 1.20. The van der Waals surface area contributed by atoms with Gasteiger partial charge in [-0.15, -0.1) is 0 Å². The van der Waals surface area contributed by atoms with Crippen LogP contribution < -0.4 is 4.90 Å². The predicted octanol–water partition coefficient (Wildman–Crippen LogP) is 6.18. The number of halogens is 2. The minimum Gasteiger partial charge on any atom is -0.371 e. The third-order valence-electron chi connectivity index (χ3n) is 3.33. The summed E-state index contributed by atoms with van der Waals surface area (Å²) in [5, 5.41) is 1.28. The molecule has 1 aromatic rings. The smallest absolute Gasteiger partial charge is 0.0612 e. The zero-order valence-electron chi connectivity index (χ0n) is 12.1. The lowest BCUT2D eigenvalue weighted by molar-refractivity contribution is 0.636. The first-order valence-corrected chi connectivity index (χ1v) is 8.14. The zero-order chi connectivity index (χ0) is 14.1. The van der Waals surface area contributed by atoms with Crippen LogP contribution in [0, 0.1) is 0 Å². The lowest BCUT2D eigenvalue weighted by Gasteiger charge is -2.25. The molecule has 0 saturated heterocycles. The van der Waals surface area contributed by atoms with E-state index in [9.17, 15) is 0 Å². The van der Waals surface area contributed by atoms with Gasteiger partial charge < -0.3 is 4.90 Å². The van der Waals surface area contributed by atoms with Crippen molar-refractivity contribution in [2.75, 3.05) is 18.0 Å². The van der Waals surface area contributed by atoms with Crippen molar-refractivity contribution < 1.29 is 0 Å². The van der Waals surface area contributed by atoms with Gasteiger partial charge in [-0.3, -0.25) is 0 Å². The summed E-state index contributed by atoms with van der Waals surface area (Å²) in [4.78, 5) is 2.44. The predicted molar refractivity (Wildman–Crippen MR) is 87.7 cm³/mol. The van der Waals surface area contributed by atoms with Crippen molar-refractivity contribution in [1.82, 2.24) is 0 Å². The highest BCUT2D eigenvalue weighted by Gasteiger charge is 2.08. The van der Waals surface area contributed by atoms with Crippen LogP contribution in [0.15, 0.2) is 18.2 Å². The first-order valence-electron chi connectivity index (χ1n) is 7.39. The molecule has 0 saturated carbocycles. The second-order valence-corrected chi connectivity index (χ2v) is 5.81. The second-order valence-electron chi connectivity index (χ2n) is 5.00. The maximum Gasteiger partial charge on any atom is 0.0612 e. The Hall–Kier alpha value is -0.400. The summed E-state index contributed by atoms with van der Waals surface area (Å²) >= 11 is 12.1. The van der Waals surface area contributed by atoms with E-state index < -0.39 is 0 Å². The Kier molecular flexibility index (Phi) is 8.32. The fraction of sp³-hybridized carbons (Fsp3) is 0.625. The van der Waals surface area contributed by atoms with Crippen LogP contribution in [0.2, 0.25) is 10.0 Å². The Balaban J connectivity index is 2.66. The molecule has 0 spiro atoms. The SMILES string of the molecule is CCCCCN(CCCCC)c1ccc(Cl)c(Cl)c1. The van der Waals surface area contributed by atoms with Crippen molar-refractivity contribution in [3.05, 3.63) is 28.2 Å². The fourth-order valence-corrected chi connectivity index (χ4v) is 2.45. The zero-order valence-corrected chi connectivity index (χ0v) is 13.6. The molecule has 108 valence electrons. The van der Waals surface area contributed by atoms with Crippen LogP contribution in [0.5, 0.6) is 0 Å². The summed E-state index contributed by atoms with van der Waals surface area (Å²) in [7, 11) is 0. The largest absolute Gasteiger partial charge is 0.371 e. The number of nitrogens with zero attached hydrogens (tertiary/aromatic N) is 1. The highest BCUT2D eigenvalue weighted by Crippen LogP contribution is 2.27. The van der Waals surface area contributed by atoms with Crippen LogP contribution in [0.25, 0.3) is 0 Å². The molecule has 1 nitrogen and oxygen atoms in total. The van der Waals surface area contributed by atoms with Gasteiger partial charge in [0.05, 0.1) is 10.0 Å². The standard InChI is InChI=1S/C16H25Cl2N/c1-3-5-7-11-19(12-8-6-4-2)14-9-10-15(17)16(18)13-14/h9-10,13H,3-8,11-12H2,1-2H3. The topological polar surface area (TPSA) is 3.24 Å². The summed E-state index contributed by atoms with van der Waals surface area (Å²) in [6, 6.07) is 5.96. The highest BCUT2D eigenvalue weighted by molar-refractivity contribution is 6.42. The third kappa shape index (κ3) is 6.05. The Bertz CT molecular complexity index is 356. The molecule has 0 heterocycles. The first kappa shape index (κ1) is 16.7. The van der Waals surface area contributed by atoms with Gasteiger partial charge in [0.2, 0.25) is 0 Å². The van der Waals surface area contributed by atoms with Gasteiger partial charge in [0.1, 0.15) is 0 Å². The molecular formula is C16H25Cl2N. The lowest BCUT2D eigenvalue weighted by Crippen LogP contribution is -2.25. The Morgan fingerprint density at radius 2 is 1.42 bits per heavy atom. The number of rotatable bonds is 9. The van der Waals surface area contributed by atoms with Gasteiger partial charge in [-0.25, -0.2) is 0 Å². The van der Waals surface area contributed by atoms with Crippen molar-refractivity contribution in [1.29, 1.82) is 0 Å². The van der Waals surface area contributed by atoms with Crippen molar-refractivity contribution in [2.24, 2.45) is 0 Å². The quantitative estimate of drug-likeness (QED) is 0.492. The molecule has 0 atom stereocenters. The minimum atomic E-state index is 0.632. The summed E-state index contributed by atoms with van der Waals surface area (Å²) in [6.07, 6.45) is 7.55. The van der Waals surface area contributed by atoms with Gasteiger partial charge in [-0.05, 0) is 31.0 Å². The molecule has 1 rings (SSSR count). The van der Waals surface area contributed by atoms with Gasteiger partial charge >= 0.3 is 0 Å². The maximum atomic E-state index is 6.12. The maximum absolute atomic E-state index is 6.12. The molecule has 0 amide bonds. The molecule has 0 bridgehead atoms. The fourth-order valence-electron chi connectivity index (χ4n) is 2.16. The van der Waals surface area contributed by atoms with Crippen LogP contribution in [-0.4, -0.2) is 13.1 Å². The Morgan fingerprint density at radius 3 is 1.89 bits per heavy atom. The molecular weight excluding hydrogens is 277 g/mol. The van der Waals surface area contributed by atoms with Gasteiger partial charge in [-0.1, -0.05) is 62.7 Å². The lowest BCUT2D eigenvalue weighted by atomic mass is 10.2. The summed E-state index contributed by atoms with van der Waals surface area (Å²) in [6.45, 7) is 6.69. The Labute approximate surface area is 127 Å². The number of benzene rings is 1. The van der Waals surface area contributed by atoms with E-state index in [-0.39, 0.29) is 0 Å². The molecule has 1 aromatic carbocycles. The molecule has 0 aliphatic rings. The highest BCUT2D eigenvalue weighted by atomic mass is 35.5. The second kappa shape index (κ2) is 9.50. The number of hydrogen-bond acceptors (Lipinski definition) is 1. The molecule has 0 aliphatic carbocycles. The van der Waals surface area contributed by atoms with Gasteiger partial charge in [0.15, 0.2) is 0 Å². The van der Waals surface area contributed by atoms with Crippen molar-refractivity contribution in [2.45, 2.75) is 52.4 Å². The monoisotopic (exact) mass is 301 g/mol. The molecule has 0 unspecified atom stereocenters. The van der Waals surface area contributed by atoms with E-state index in [4.69, 9.17) is 23.2 Å². The summed E-state index contributed by atoms with van der Waals surface area (Å²) < 4.78 is 0. The van der Waals surface area contributed by atoms with E-state index in [1.54, 1.807) is 0 Å². The normalized spacial score (nSPS) is 10.7. The number of hydrogen-bond donors (Lipinski definition) is 0. The van der Waals surface area contributed by atoms with Crippen molar-refractivity contribution in [3.63, 3.8) is 0 Å². The van der Waals surface area contributed by atoms with Gasteiger partial charge in [0.25, 0.3) is 0 Å². The number of anilines is 1. The van der Waals surface area contributed by atoms with Crippen LogP contribution in [0.1, 0.15) is 52.4 Å². The molecule has 0 radical (unpaired) electrons. The number of unbranched alkanes of at least 4 members (excludes halogenated alkanes) is 4. The molecule has 0 aliphatic heterocycles. The molecule has 0 N–H and O–H groups in total. The molecule has 0 fully saturated rings. The van der Waals surface area contributed by atoms with E-state index in [0.29, 0.717) is 10.0 Å². The van der Waals surface area contributed by atoms with Crippen LogP contribution in [0.3, 0.4) is 0 Å². The van der Waals surface area contributed by atoms with Crippen molar-refractivity contribution in [3.8, 4) is 0 Å². The van der Waals surface area contributed by atoms with E-state index in [1.165, 1.54) is 44.2 Å². The van der Waals surface area contributed by atoms with Crippen molar-refractivity contribution >= 4 is 28.9 Å². The van der Waals surface area contributed by atoms with Gasteiger partial charge in [0, 0.05) is 18.8 Å². The Morgan fingerprint density at radius 1 is 0.842 bits per heavy atom. The molecule has 3 heteroatoms. The molecule has 0 aromatic heterocycles. The molecule has 19 heavy (non-hydrogen) atoms. The summed E-state index contributed by atoms with van der Waals surface area (Å²) in [5.74, 6) is 0. The third-order valence-corrected chi connectivity index (χ3v) is 4.07. The van der Waals surface area contributed by atoms with Crippen LogP contribution in [0.4, 0.5) is 5.69 Å². The minimum absolute atomic E-state index is 0.632. The van der Waals surface area contributed by atoms with E-state index in [2.05, 4.69) is 24.8 Å². The van der Waals surface area contributed by atoms with E-state index >= 15 is 0 Å². The average Bonchev–Trinajstić information content (AvgIpc) is 2.41. The average molecular weight is 302 g/mol. The van der Waals surface area contributed by atoms with Crippen LogP contribution >= 0.6 is 23.2 Å². The van der Waals surface area contributed by atoms with Crippen LogP contribution in [-0.2, 0) is 0 Å². The van der Waals surface area contributed by atoms with Gasteiger partial charge in [-0.2, -0.15) is 0 Å².